The van der Waals surface area contributed by atoms with E-state index >= 15 is 0 Å². The van der Waals surface area contributed by atoms with Crippen LogP contribution in [0.3, 0.4) is 0 Å². The lowest BCUT2D eigenvalue weighted by Gasteiger charge is -2.38. The van der Waals surface area contributed by atoms with E-state index in [0.717, 1.165) is 13.1 Å². The van der Waals surface area contributed by atoms with Crippen molar-refractivity contribution in [3.05, 3.63) is 29.8 Å². The van der Waals surface area contributed by atoms with Crippen molar-refractivity contribution in [3.63, 3.8) is 0 Å². The van der Waals surface area contributed by atoms with Gasteiger partial charge in [-0.3, -0.25) is 9.59 Å². The molecule has 2 atom stereocenters. The lowest BCUT2D eigenvalue weighted by Crippen LogP contribution is -2.57. The van der Waals surface area contributed by atoms with E-state index in [4.69, 9.17) is 10.5 Å². The molecule has 1 aromatic rings. The third kappa shape index (κ3) is 3.98. The summed E-state index contributed by atoms with van der Waals surface area (Å²) in [4.78, 5) is 25.3. The van der Waals surface area contributed by atoms with Crippen LogP contribution in [0.2, 0.25) is 0 Å². The molecule has 0 bridgehead atoms. The summed E-state index contributed by atoms with van der Waals surface area (Å²) in [6.07, 6.45) is 0.317. The molecule has 22 heavy (non-hydrogen) atoms. The standard InChI is InChI=1S/C16H23N3O3/c1-11-12(2)19(8-7-18-11)15(20)6-9-22-14-5-3-4-13(10-14)16(17)21/h3-5,10-12,18H,6-9H2,1-2H3,(H2,17,21). The maximum Gasteiger partial charge on any atom is 0.248 e. The van der Waals surface area contributed by atoms with Crippen molar-refractivity contribution in [1.29, 1.82) is 0 Å². The Morgan fingerprint density at radius 2 is 2.18 bits per heavy atom. The predicted octanol–water partition coefficient (Wildman–Crippen LogP) is 0.763. The molecular weight excluding hydrogens is 282 g/mol. The SMILES string of the molecule is CC1NCCN(C(=O)CCOc2cccc(C(N)=O)c2)C1C. The number of nitrogens with zero attached hydrogens (tertiary/aromatic N) is 1. The molecule has 0 radical (unpaired) electrons. The van der Waals surface area contributed by atoms with Crippen LogP contribution in [0.4, 0.5) is 0 Å². The van der Waals surface area contributed by atoms with Crippen LogP contribution in [0.25, 0.3) is 0 Å². The molecule has 2 rings (SSSR count). The molecule has 1 aliphatic rings. The van der Waals surface area contributed by atoms with Crippen LogP contribution in [0.15, 0.2) is 24.3 Å². The molecule has 0 aliphatic carbocycles. The Bertz CT molecular complexity index is 547. The van der Waals surface area contributed by atoms with E-state index in [1.165, 1.54) is 0 Å². The van der Waals surface area contributed by atoms with Crippen molar-refractivity contribution in [1.82, 2.24) is 10.2 Å². The predicted molar refractivity (Wildman–Crippen MR) is 83.7 cm³/mol. The lowest BCUT2D eigenvalue weighted by molar-refractivity contribution is -0.135. The summed E-state index contributed by atoms with van der Waals surface area (Å²) in [6.45, 7) is 5.95. The summed E-state index contributed by atoms with van der Waals surface area (Å²) >= 11 is 0. The quantitative estimate of drug-likeness (QED) is 0.841. The van der Waals surface area contributed by atoms with Gasteiger partial charge in [0.2, 0.25) is 11.8 Å². The first-order valence-corrected chi connectivity index (χ1v) is 7.54. The molecule has 1 aliphatic heterocycles. The average molecular weight is 305 g/mol. The first-order valence-electron chi connectivity index (χ1n) is 7.54. The Hall–Kier alpha value is -2.08. The van der Waals surface area contributed by atoms with E-state index in [9.17, 15) is 9.59 Å². The number of carbonyl (C=O) groups excluding carboxylic acids is 2. The van der Waals surface area contributed by atoms with E-state index in [-0.39, 0.29) is 18.6 Å². The van der Waals surface area contributed by atoms with Gasteiger partial charge in [-0.15, -0.1) is 0 Å². The minimum absolute atomic E-state index is 0.0897. The summed E-state index contributed by atoms with van der Waals surface area (Å²) in [5.74, 6) is 0.142. The van der Waals surface area contributed by atoms with E-state index in [1.54, 1.807) is 24.3 Å². The highest BCUT2D eigenvalue weighted by Gasteiger charge is 2.27. The second-order valence-electron chi connectivity index (χ2n) is 5.56. The van der Waals surface area contributed by atoms with Gasteiger partial charge in [0.1, 0.15) is 5.75 Å². The van der Waals surface area contributed by atoms with Gasteiger partial charge >= 0.3 is 0 Å². The number of rotatable bonds is 5. The molecule has 1 aromatic carbocycles. The van der Waals surface area contributed by atoms with Crippen molar-refractivity contribution in [3.8, 4) is 5.75 Å². The highest BCUT2D eigenvalue weighted by Crippen LogP contribution is 2.14. The van der Waals surface area contributed by atoms with Gasteiger partial charge in [0.15, 0.2) is 0 Å². The van der Waals surface area contributed by atoms with E-state index in [2.05, 4.69) is 12.2 Å². The van der Waals surface area contributed by atoms with E-state index in [0.29, 0.717) is 23.8 Å². The number of primary amides is 1. The smallest absolute Gasteiger partial charge is 0.248 e. The molecule has 3 N–H and O–H groups in total. The molecule has 0 saturated carbocycles. The molecule has 120 valence electrons. The lowest BCUT2D eigenvalue weighted by atomic mass is 10.1. The maximum absolute atomic E-state index is 12.3. The van der Waals surface area contributed by atoms with Crippen LogP contribution in [0.1, 0.15) is 30.6 Å². The molecule has 0 spiro atoms. The van der Waals surface area contributed by atoms with Gasteiger partial charge in [-0.2, -0.15) is 0 Å². The third-order valence-corrected chi connectivity index (χ3v) is 4.06. The fourth-order valence-corrected chi connectivity index (χ4v) is 2.55. The molecule has 1 fully saturated rings. The minimum atomic E-state index is -0.495. The second-order valence-corrected chi connectivity index (χ2v) is 5.56. The molecule has 6 heteroatoms. The van der Waals surface area contributed by atoms with Crippen LogP contribution in [-0.2, 0) is 4.79 Å². The fourth-order valence-electron chi connectivity index (χ4n) is 2.55. The number of hydrogen-bond donors (Lipinski definition) is 2. The zero-order valence-electron chi connectivity index (χ0n) is 13.0. The van der Waals surface area contributed by atoms with Gasteiger partial charge in [0.05, 0.1) is 13.0 Å². The van der Waals surface area contributed by atoms with Crippen LogP contribution in [-0.4, -0.2) is 48.5 Å². The average Bonchev–Trinajstić information content (AvgIpc) is 2.50. The van der Waals surface area contributed by atoms with Crippen LogP contribution >= 0.6 is 0 Å². The zero-order valence-corrected chi connectivity index (χ0v) is 13.0. The number of hydrogen-bond acceptors (Lipinski definition) is 4. The van der Waals surface area contributed by atoms with Gasteiger partial charge in [-0.05, 0) is 32.0 Å². The van der Waals surface area contributed by atoms with Gasteiger partial charge < -0.3 is 20.7 Å². The molecule has 2 amide bonds. The zero-order chi connectivity index (χ0) is 16.1. The highest BCUT2D eigenvalue weighted by molar-refractivity contribution is 5.93. The Kier molecular flexibility index (Phi) is 5.38. The van der Waals surface area contributed by atoms with Gasteiger partial charge in [-0.25, -0.2) is 0 Å². The van der Waals surface area contributed by atoms with Crippen molar-refractivity contribution in [2.75, 3.05) is 19.7 Å². The van der Waals surface area contributed by atoms with E-state index < -0.39 is 5.91 Å². The number of nitrogens with one attached hydrogen (secondary N) is 1. The summed E-state index contributed by atoms with van der Waals surface area (Å²) in [7, 11) is 0. The van der Waals surface area contributed by atoms with Crippen molar-refractivity contribution < 1.29 is 14.3 Å². The minimum Gasteiger partial charge on any atom is -0.493 e. The Labute approximate surface area is 130 Å². The number of nitrogens with two attached hydrogens (primary N) is 1. The monoisotopic (exact) mass is 305 g/mol. The van der Waals surface area contributed by atoms with Crippen molar-refractivity contribution in [2.24, 2.45) is 5.73 Å². The Morgan fingerprint density at radius 1 is 1.41 bits per heavy atom. The van der Waals surface area contributed by atoms with Gasteiger partial charge in [-0.1, -0.05) is 6.07 Å². The van der Waals surface area contributed by atoms with Gasteiger partial charge in [0, 0.05) is 30.7 Å². The first kappa shape index (κ1) is 16.3. The van der Waals surface area contributed by atoms with Crippen molar-refractivity contribution >= 4 is 11.8 Å². The normalized spacial score (nSPS) is 21.5. The van der Waals surface area contributed by atoms with Crippen LogP contribution in [0, 0.1) is 0 Å². The highest BCUT2D eigenvalue weighted by atomic mass is 16.5. The number of piperazine rings is 1. The van der Waals surface area contributed by atoms with Crippen molar-refractivity contribution in [2.45, 2.75) is 32.4 Å². The fraction of sp³-hybridized carbons (Fsp3) is 0.500. The number of ether oxygens (including phenoxy) is 1. The molecule has 0 aromatic heterocycles. The Morgan fingerprint density at radius 3 is 2.91 bits per heavy atom. The molecule has 1 heterocycles. The molecule has 6 nitrogen and oxygen atoms in total. The first-order chi connectivity index (χ1) is 10.5. The third-order valence-electron chi connectivity index (χ3n) is 4.06. The topological polar surface area (TPSA) is 84.7 Å². The summed E-state index contributed by atoms with van der Waals surface area (Å²) in [5, 5.41) is 3.35. The van der Waals surface area contributed by atoms with Crippen LogP contribution in [0.5, 0.6) is 5.75 Å². The molecular formula is C16H23N3O3. The molecule has 2 unspecified atom stereocenters. The number of amides is 2. The second kappa shape index (κ2) is 7.26. The summed E-state index contributed by atoms with van der Waals surface area (Å²) in [5.41, 5.74) is 5.62. The summed E-state index contributed by atoms with van der Waals surface area (Å²) in [6, 6.07) is 7.14. The largest absolute Gasteiger partial charge is 0.493 e. The Balaban J connectivity index is 1.84. The van der Waals surface area contributed by atoms with Gasteiger partial charge in [0.25, 0.3) is 0 Å². The maximum atomic E-state index is 12.3. The summed E-state index contributed by atoms with van der Waals surface area (Å²) < 4.78 is 5.55. The van der Waals surface area contributed by atoms with E-state index in [1.807, 2.05) is 11.8 Å². The number of benzene rings is 1. The molecule has 1 saturated heterocycles. The number of carbonyl (C=O) groups is 2. The van der Waals surface area contributed by atoms with Crippen LogP contribution < -0.4 is 15.8 Å².